The monoisotopic (exact) mass is 299 g/mol. The maximum Gasteiger partial charge on any atom is 0.340 e. The van der Waals surface area contributed by atoms with Gasteiger partial charge in [-0.1, -0.05) is 24.3 Å². The van der Waals surface area contributed by atoms with Crippen molar-refractivity contribution in [2.75, 3.05) is 24.6 Å². The zero-order chi connectivity index (χ0) is 15.9. The Hall–Kier alpha value is -3.02. The first-order chi connectivity index (χ1) is 10.6. The lowest BCUT2D eigenvalue weighted by Gasteiger charge is -2.09. The normalized spacial score (nSPS) is 10.0. The smallest absolute Gasteiger partial charge is 0.340 e. The minimum absolute atomic E-state index is 0.0473. The number of nitrogen functional groups attached to an aromatic ring is 2. The van der Waals surface area contributed by atoms with Crippen molar-refractivity contribution in [1.82, 2.24) is 5.32 Å². The number of nitrogens with two attached hydrogens (primary N) is 2. The molecule has 0 saturated carbocycles. The summed E-state index contributed by atoms with van der Waals surface area (Å²) in [6.45, 7) is 0.233. The van der Waals surface area contributed by atoms with Gasteiger partial charge >= 0.3 is 5.97 Å². The quantitative estimate of drug-likeness (QED) is 0.440. The fraction of sp³-hybridized carbons (Fsp3) is 0.125. The van der Waals surface area contributed by atoms with Crippen LogP contribution in [0.5, 0.6) is 0 Å². The fourth-order valence-corrected chi connectivity index (χ4v) is 1.87. The van der Waals surface area contributed by atoms with Crippen molar-refractivity contribution >= 4 is 23.3 Å². The number of rotatable bonds is 5. The molecule has 0 aliphatic carbocycles. The van der Waals surface area contributed by atoms with Gasteiger partial charge in [0.05, 0.1) is 17.7 Å². The molecule has 0 aliphatic rings. The van der Waals surface area contributed by atoms with Gasteiger partial charge < -0.3 is 21.5 Å². The standard InChI is InChI=1S/C16H17N3O3/c17-13-7-3-1-5-11(13)15(20)19-9-10-22-16(21)12-6-2-4-8-14(12)18/h1-8H,9-10,17-18H2,(H,19,20). The summed E-state index contributed by atoms with van der Waals surface area (Å²) < 4.78 is 5.06. The van der Waals surface area contributed by atoms with Crippen molar-refractivity contribution in [3.8, 4) is 0 Å². The van der Waals surface area contributed by atoms with Gasteiger partial charge in [0.25, 0.3) is 5.91 Å². The Morgan fingerprint density at radius 2 is 1.45 bits per heavy atom. The van der Waals surface area contributed by atoms with Crippen LogP contribution in [0.2, 0.25) is 0 Å². The second kappa shape index (κ2) is 7.12. The zero-order valence-corrected chi connectivity index (χ0v) is 11.9. The first kappa shape index (κ1) is 15.4. The van der Waals surface area contributed by atoms with Crippen molar-refractivity contribution in [3.63, 3.8) is 0 Å². The van der Waals surface area contributed by atoms with Gasteiger partial charge in [-0.3, -0.25) is 4.79 Å². The van der Waals surface area contributed by atoms with E-state index in [0.717, 1.165) is 0 Å². The molecule has 2 rings (SSSR count). The van der Waals surface area contributed by atoms with E-state index >= 15 is 0 Å². The molecule has 114 valence electrons. The van der Waals surface area contributed by atoms with E-state index in [2.05, 4.69) is 5.32 Å². The van der Waals surface area contributed by atoms with E-state index in [4.69, 9.17) is 16.2 Å². The largest absolute Gasteiger partial charge is 0.460 e. The fourth-order valence-electron chi connectivity index (χ4n) is 1.87. The molecule has 0 heterocycles. The number of amides is 1. The lowest BCUT2D eigenvalue weighted by Crippen LogP contribution is -2.28. The van der Waals surface area contributed by atoms with Crippen LogP contribution in [-0.2, 0) is 4.74 Å². The molecule has 0 aliphatic heterocycles. The summed E-state index contributed by atoms with van der Waals surface area (Å²) in [5.41, 5.74) is 12.8. The SMILES string of the molecule is Nc1ccccc1C(=O)NCCOC(=O)c1ccccc1N. The number of ether oxygens (including phenoxy) is 1. The second-order valence-corrected chi connectivity index (χ2v) is 4.57. The number of carbonyl (C=O) groups excluding carboxylic acids is 2. The molecule has 6 heteroatoms. The number of carbonyl (C=O) groups is 2. The van der Waals surface area contributed by atoms with Crippen LogP contribution in [0, 0.1) is 0 Å². The van der Waals surface area contributed by atoms with Gasteiger partial charge in [0.15, 0.2) is 0 Å². The van der Waals surface area contributed by atoms with E-state index < -0.39 is 5.97 Å². The van der Waals surface area contributed by atoms with Crippen molar-refractivity contribution < 1.29 is 14.3 Å². The highest BCUT2D eigenvalue weighted by molar-refractivity contribution is 5.99. The number of nitrogens with one attached hydrogen (secondary N) is 1. The van der Waals surface area contributed by atoms with Crippen molar-refractivity contribution in [1.29, 1.82) is 0 Å². The lowest BCUT2D eigenvalue weighted by atomic mass is 10.1. The summed E-state index contributed by atoms with van der Waals surface area (Å²) >= 11 is 0. The summed E-state index contributed by atoms with van der Waals surface area (Å²) in [6.07, 6.45) is 0. The molecule has 0 bridgehead atoms. The first-order valence-electron chi connectivity index (χ1n) is 6.74. The molecule has 0 aromatic heterocycles. The molecule has 0 saturated heterocycles. The Balaban J connectivity index is 1.80. The molecular formula is C16H17N3O3. The van der Waals surface area contributed by atoms with Crippen molar-refractivity contribution in [2.24, 2.45) is 0 Å². The molecule has 5 N–H and O–H groups in total. The van der Waals surface area contributed by atoms with Crippen LogP contribution < -0.4 is 16.8 Å². The van der Waals surface area contributed by atoms with Gasteiger partial charge in [0.1, 0.15) is 6.61 Å². The summed E-state index contributed by atoms with van der Waals surface area (Å²) in [6, 6.07) is 13.4. The molecule has 1 amide bonds. The minimum atomic E-state index is -0.522. The van der Waals surface area contributed by atoms with Crippen LogP contribution in [0.25, 0.3) is 0 Å². The highest BCUT2D eigenvalue weighted by Gasteiger charge is 2.11. The average Bonchev–Trinajstić information content (AvgIpc) is 2.52. The minimum Gasteiger partial charge on any atom is -0.460 e. The van der Waals surface area contributed by atoms with Crippen LogP contribution in [0.15, 0.2) is 48.5 Å². The molecule has 2 aromatic carbocycles. The molecule has 0 unspecified atom stereocenters. The molecule has 0 radical (unpaired) electrons. The van der Waals surface area contributed by atoms with Gasteiger partial charge in [0, 0.05) is 11.4 Å². The van der Waals surface area contributed by atoms with Crippen LogP contribution in [0.4, 0.5) is 11.4 Å². The lowest BCUT2D eigenvalue weighted by molar-refractivity contribution is 0.0504. The number of para-hydroxylation sites is 2. The van der Waals surface area contributed by atoms with E-state index in [1.165, 1.54) is 0 Å². The van der Waals surface area contributed by atoms with E-state index in [9.17, 15) is 9.59 Å². The molecular weight excluding hydrogens is 282 g/mol. The number of hydrogen-bond acceptors (Lipinski definition) is 5. The average molecular weight is 299 g/mol. The van der Waals surface area contributed by atoms with Gasteiger partial charge in [0.2, 0.25) is 0 Å². The number of hydrogen-bond donors (Lipinski definition) is 3. The van der Waals surface area contributed by atoms with Crippen LogP contribution in [-0.4, -0.2) is 25.0 Å². The van der Waals surface area contributed by atoms with Gasteiger partial charge in [-0.25, -0.2) is 4.79 Å². The summed E-state index contributed by atoms with van der Waals surface area (Å²) in [7, 11) is 0. The summed E-state index contributed by atoms with van der Waals surface area (Å²) in [4.78, 5) is 23.7. The predicted octanol–water partition coefficient (Wildman–Crippen LogP) is 1.44. The van der Waals surface area contributed by atoms with E-state index in [0.29, 0.717) is 22.5 Å². The maximum atomic E-state index is 11.9. The molecule has 2 aromatic rings. The van der Waals surface area contributed by atoms with Gasteiger partial charge in [-0.15, -0.1) is 0 Å². The Bertz CT molecular complexity index is 626. The first-order valence-corrected chi connectivity index (χ1v) is 6.74. The van der Waals surface area contributed by atoms with Gasteiger partial charge in [-0.2, -0.15) is 0 Å². The highest BCUT2D eigenvalue weighted by atomic mass is 16.5. The van der Waals surface area contributed by atoms with Crippen LogP contribution in [0.1, 0.15) is 20.7 Å². The zero-order valence-electron chi connectivity index (χ0n) is 11.9. The van der Waals surface area contributed by atoms with Crippen LogP contribution >= 0.6 is 0 Å². The number of esters is 1. The third kappa shape index (κ3) is 3.76. The Morgan fingerprint density at radius 3 is 2.05 bits per heavy atom. The molecule has 0 spiro atoms. The van der Waals surface area contributed by atoms with Crippen LogP contribution in [0.3, 0.4) is 0 Å². The highest BCUT2D eigenvalue weighted by Crippen LogP contribution is 2.12. The Kier molecular flexibility index (Phi) is 4.98. The van der Waals surface area contributed by atoms with E-state index in [1.807, 2.05) is 0 Å². The molecule has 22 heavy (non-hydrogen) atoms. The molecule has 6 nitrogen and oxygen atoms in total. The number of anilines is 2. The second-order valence-electron chi connectivity index (χ2n) is 4.57. The molecule has 0 atom stereocenters. The Labute approximate surface area is 128 Å². The van der Waals surface area contributed by atoms with Crippen molar-refractivity contribution in [3.05, 3.63) is 59.7 Å². The third-order valence-corrected chi connectivity index (χ3v) is 3.01. The summed E-state index contributed by atoms with van der Waals surface area (Å²) in [5.74, 6) is -0.833. The third-order valence-electron chi connectivity index (χ3n) is 3.01. The maximum absolute atomic E-state index is 11.9. The van der Waals surface area contributed by atoms with E-state index in [1.54, 1.807) is 48.5 Å². The predicted molar refractivity (Wildman–Crippen MR) is 84.3 cm³/mol. The molecule has 0 fully saturated rings. The van der Waals surface area contributed by atoms with Crippen molar-refractivity contribution in [2.45, 2.75) is 0 Å². The number of benzene rings is 2. The van der Waals surface area contributed by atoms with Gasteiger partial charge in [-0.05, 0) is 24.3 Å². The topological polar surface area (TPSA) is 107 Å². The Morgan fingerprint density at radius 1 is 0.909 bits per heavy atom. The summed E-state index contributed by atoms with van der Waals surface area (Å²) in [5, 5.41) is 2.63. The van der Waals surface area contributed by atoms with E-state index in [-0.39, 0.29) is 19.1 Å².